The van der Waals surface area contributed by atoms with Crippen LogP contribution in [0.25, 0.3) is 0 Å². The number of benzene rings is 1. The smallest absolute Gasteiger partial charge is 0.123 e. The number of aliphatic hydroxyl groups is 1. The molecule has 0 heterocycles. The van der Waals surface area contributed by atoms with Crippen molar-refractivity contribution in [2.24, 2.45) is 11.8 Å². The van der Waals surface area contributed by atoms with E-state index in [9.17, 15) is 9.50 Å². The van der Waals surface area contributed by atoms with Crippen LogP contribution in [0.3, 0.4) is 0 Å². The summed E-state index contributed by atoms with van der Waals surface area (Å²) < 4.78 is 18.6. The van der Waals surface area contributed by atoms with Gasteiger partial charge < -0.3 is 9.84 Å². The Labute approximate surface area is 101 Å². The largest absolute Gasteiger partial charge is 0.396 e. The highest BCUT2D eigenvalue weighted by Crippen LogP contribution is 2.29. The van der Waals surface area contributed by atoms with Crippen molar-refractivity contribution in [2.75, 3.05) is 19.8 Å². The third-order valence-electron chi connectivity index (χ3n) is 3.08. The third-order valence-corrected chi connectivity index (χ3v) is 3.08. The van der Waals surface area contributed by atoms with Crippen molar-refractivity contribution in [3.8, 4) is 0 Å². The first-order chi connectivity index (χ1) is 8.28. The van der Waals surface area contributed by atoms with Crippen LogP contribution < -0.4 is 0 Å². The van der Waals surface area contributed by atoms with Crippen LogP contribution in [-0.2, 0) is 11.2 Å². The third kappa shape index (κ3) is 4.44. The molecule has 0 saturated heterocycles. The average Bonchev–Trinajstić information content (AvgIpc) is 3.12. The lowest BCUT2D eigenvalue weighted by atomic mass is 10.0. The summed E-state index contributed by atoms with van der Waals surface area (Å²) in [5, 5.41) is 9.26. The molecule has 0 aromatic heterocycles. The summed E-state index contributed by atoms with van der Waals surface area (Å²) >= 11 is 0. The highest BCUT2D eigenvalue weighted by Gasteiger charge is 2.21. The van der Waals surface area contributed by atoms with Crippen LogP contribution in [0.15, 0.2) is 24.3 Å². The molecule has 0 aliphatic heterocycles. The zero-order valence-corrected chi connectivity index (χ0v) is 9.94. The second-order valence-corrected chi connectivity index (χ2v) is 4.86. The Bertz CT molecular complexity index is 350. The minimum absolute atomic E-state index is 0.0653. The molecule has 1 aliphatic carbocycles. The highest BCUT2D eigenvalue weighted by molar-refractivity contribution is 5.16. The summed E-state index contributed by atoms with van der Waals surface area (Å²) in [5.41, 5.74) is 0.916. The summed E-state index contributed by atoms with van der Waals surface area (Å²) in [7, 11) is 0. The van der Waals surface area contributed by atoms with Gasteiger partial charge in [-0.3, -0.25) is 0 Å². The van der Waals surface area contributed by atoms with Crippen LogP contribution in [0.2, 0.25) is 0 Å². The molecule has 1 unspecified atom stereocenters. The minimum Gasteiger partial charge on any atom is -0.396 e. The van der Waals surface area contributed by atoms with Gasteiger partial charge in [-0.15, -0.1) is 0 Å². The van der Waals surface area contributed by atoms with Gasteiger partial charge in [-0.05, 0) is 42.9 Å². The van der Waals surface area contributed by atoms with E-state index in [1.165, 1.54) is 25.0 Å². The van der Waals surface area contributed by atoms with Gasteiger partial charge in [0.05, 0.1) is 6.61 Å². The molecule has 94 valence electrons. The van der Waals surface area contributed by atoms with Crippen LogP contribution >= 0.6 is 0 Å². The molecule has 2 nitrogen and oxygen atoms in total. The summed E-state index contributed by atoms with van der Waals surface area (Å²) in [6.45, 7) is 1.45. The molecule has 3 heteroatoms. The Kier molecular flexibility index (Phi) is 4.51. The highest BCUT2D eigenvalue weighted by atomic mass is 19.1. The second kappa shape index (κ2) is 6.12. The van der Waals surface area contributed by atoms with E-state index in [2.05, 4.69) is 0 Å². The Morgan fingerprint density at radius 3 is 2.88 bits per heavy atom. The van der Waals surface area contributed by atoms with E-state index in [4.69, 9.17) is 4.74 Å². The maximum atomic E-state index is 13.0. The van der Waals surface area contributed by atoms with Gasteiger partial charge >= 0.3 is 0 Å². The quantitative estimate of drug-likeness (QED) is 0.790. The van der Waals surface area contributed by atoms with Gasteiger partial charge in [0.25, 0.3) is 0 Å². The number of rotatable bonds is 7. The standard InChI is InChI=1S/C14H19FO2/c15-14-3-1-2-12(7-14)6-13(8-16)10-17-9-11-4-5-11/h1-3,7,11,13,16H,4-6,8-10H2. The SMILES string of the molecule is OCC(COCC1CC1)Cc1cccc(F)c1. The Morgan fingerprint density at radius 2 is 2.24 bits per heavy atom. The Hall–Kier alpha value is -0.930. The molecular formula is C14H19FO2. The Balaban J connectivity index is 1.76. The van der Waals surface area contributed by atoms with Crippen LogP contribution in [0.5, 0.6) is 0 Å². The van der Waals surface area contributed by atoms with E-state index < -0.39 is 0 Å². The van der Waals surface area contributed by atoms with Gasteiger partial charge in [0.15, 0.2) is 0 Å². The maximum absolute atomic E-state index is 13.0. The van der Waals surface area contributed by atoms with E-state index in [1.54, 1.807) is 6.07 Å². The maximum Gasteiger partial charge on any atom is 0.123 e. The van der Waals surface area contributed by atoms with Crippen LogP contribution in [-0.4, -0.2) is 24.9 Å². The van der Waals surface area contributed by atoms with E-state index in [0.29, 0.717) is 13.0 Å². The molecule has 0 bridgehead atoms. The van der Waals surface area contributed by atoms with Crippen molar-refractivity contribution in [1.29, 1.82) is 0 Å². The van der Waals surface area contributed by atoms with Gasteiger partial charge in [0.1, 0.15) is 5.82 Å². The second-order valence-electron chi connectivity index (χ2n) is 4.86. The van der Waals surface area contributed by atoms with Crippen molar-refractivity contribution in [1.82, 2.24) is 0 Å². The monoisotopic (exact) mass is 238 g/mol. The van der Waals surface area contributed by atoms with Crippen molar-refractivity contribution in [3.05, 3.63) is 35.6 Å². The first-order valence-corrected chi connectivity index (χ1v) is 6.21. The lowest BCUT2D eigenvalue weighted by Gasteiger charge is -2.14. The van der Waals surface area contributed by atoms with Gasteiger partial charge in [-0.25, -0.2) is 4.39 Å². The van der Waals surface area contributed by atoms with Gasteiger partial charge in [-0.1, -0.05) is 12.1 Å². The van der Waals surface area contributed by atoms with Crippen molar-refractivity contribution in [3.63, 3.8) is 0 Å². The lowest BCUT2D eigenvalue weighted by Crippen LogP contribution is -2.17. The molecule has 1 fully saturated rings. The van der Waals surface area contributed by atoms with Gasteiger partial charge in [0, 0.05) is 19.1 Å². The van der Waals surface area contributed by atoms with Crippen LogP contribution in [0, 0.1) is 17.7 Å². The normalized spacial score (nSPS) is 17.1. The number of hydrogen-bond donors (Lipinski definition) is 1. The predicted octanol–water partition coefficient (Wildman–Crippen LogP) is 2.40. The van der Waals surface area contributed by atoms with E-state index in [1.807, 2.05) is 6.07 Å². The summed E-state index contributed by atoms with van der Waals surface area (Å²) in [5.74, 6) is 0.581. The molecule has 0 radical (unpaired) electrons. The van der Waals surface area contributed by atoms with E-state index in [-0.39, 0.29) is 18.3 Å². The molecule has 1 saturated carbocycles. The topological polar surface area (TPSA) is 29.5 Å². The fourth-order valence-electron chi connectivity index (χ4n) is 1.86. The minimum atomic E-state index is -0.224. The van der Waals surface area contributed by atoms with Crippen LogP contribution in [0.1, 0.15) is 18.4 Å². The summed E-state index contributed by atoms with van der Waals surface area (Å²) in [6.07, 6.45) is 3.21. The fourth-order valence-corrected chi connectivity index (χ4v) is 1.86. The first kappa shape index (κ1) is 12.5. The average molecular weight is 238 g/mol. The first-order valence-electron chi connectivity index (χ1n) is 6.21. The number of aliphatic hydroxyl groups excluding tert-OH is 1. The van der Waals surface area contributed by atoms with E-state index >= 15 is 0 Å². The summed E-state index contributed by atoms with van der Waals surface area (Å²) in [6, 6.07) is 6.53. The molecule has 1 aromatic rings. The molecule has 1 N–H and O–H groups in total. The molecule has 2 rings (SSSR count). The molecular weight excluding hydrogens is 219 g/mol. The van der Waals surface area contributed by atoms with E-state index in [0.717, 1.165) is 18.1 Å². The molecule has 1 aliphatic rings. The zero-order chi connectivity index (χ0) is 12.1. The van der Waals surface area contributed by atoms with Gasteiger partial charge in [-0.2, -0.15) is 0 Å². The molecule has 1 aromatic carbocycles. The van der Waals surface area contributed by atoms with Gasteiger partial charge in [0.2, 0.25) is 0 Å². The van der Waals surface area contributed by atoms with Crippen LogP contribution in [0.4, 0.5) is 4.39 Å². The molecule has 17 heavy (non-hydrogen) atoms. The predicted molar refractivity (Wildman–Crippen MR) is 64.2 cm³/mol. The fraction of sp³-hybridized carbons (Fsp3) is 0.571. The zero-order valence-electron chi connectivity index (χ0n) is 9.94. The summed E-state index contributed by atoms with van der Waals surface area (Å²) in [4.78, 5) is 0. The van der Waals surface area contributed by atoms with Crippen molar-refractivity contribution < 1.29 is 14.2 Å². The molecule has 0 spiro atoms. The van der Waals surface area contributed by atoms with Crippen molar-refractivity contribution in [2.45, 2.75) is 19.3 Å². The molecule has 1 atom stereocenters. The Morgan fingerprint density at radius 1 is 1.41 bits per heavy atom. The number of halogens is 1. The van der Waals surface area contributed by atoms with Crippen molar-refractivity contribution >= 4 is 0 Å². The number of ether oxygens (including phenoxy) is 1. The number of hydrogen-bond acceptors (Lipinski definition) is 2. The lowest BCUT2D eigenvalue weighted by molar-refractivity contribution is 0.0669. The molecule has 0 amide bonds.